The summed E-state index contributed by atoms with van der Waals surface area (Å²) in [5, 5.41) is 0. The van der Waals surface area contributed by atoms with Gasteiger partial charge in [0.15, 0.2) is 0 Å². The van der Waals surface area contributed by atoms with Gasteiger partial charge in [0.2, 0.25) is 10.0 Å². The molecule has 9 heteroatoms. The Balaban J connectivity index is 1.73. The maximum Gasteiger partial charge on any atom is 0.269 e. The van der Waals surface area contributed by atoms with Crippen molar-refractivity contribution in [2.24, 2.45) is 0 Å². The van der Waals surface area contributed by atoms with Crippen molar-refractivity contribution in [2.45, 2.75) is 36.0 Å². The first-order valence-electron chi connectivity index (χ1n) is 9.12. The van der Waals surface area contributed by atoms with Gasteiger partial charge in [-0.2, -0.15) is 4.31 Å². The van der Waals surface area contributed by atoms with Gasteiger partial charge in [-0.1, -0.05) is 18.6 Å². The molecule has 1 saturated heterocycles. The van der Waals surface area contributed by atoms with Crippen LogP contribution in [0.15, 0.2) is 58.3 Å². The first kappa shape index (κ1) is 19.1. The van der Waals surface area contributed by atoms with Crippen molar-refractivity contribution in [2.75, 3.05) is 13.1 Å². The van der Waals surface area contributed by atoms with Gasteiger partial charge in [0.1, 0.15) is 5.82 Å². The van der Waals surface area contributed by atoms with Gasteiger partial charge < -0.3 is 0 Å². The number of rotatable bonds is 4. The lowest BCUT2D eigenvalue weighted by atomic mass is 10.2. The van der Waals surface area contributed by atoms with E-state index in [1.165, 1.54) is 32.5 Å². The van der Waals surface area contributed by atoms with E-state index in [0.717, 1.165) is 19.3 Å². The zero-order chi connectivity index (χ0) is 19.9. The van der Waals surface area contributed by atoms with E-state index in [4.69, 9.17) is 0 Å². The molecule has 0 bridgehead atoms. The van der Waals surface area contributed by atoms with Gasteiger partial charge in [-0.05, 0) is 56.2 Å². The van der Waals surface area contributed by atoms with Crippen LogP contribution in [0.5, 0.6) is 0 Å². The minimum atomic E-state index is -3.89. The smallest absolute Gasteiger partial charge is 0.232 e. The lowest BCUT2D eigenvalue weighted by Gasteiger charge is -2.25. The fourth-order valence-corrected chi connectivity index (χ4v) is 6.58. The summed E-state index contributed by atoms with van der Waals surface area (Å²) >= 11 is 0. The number of fused-ring (bicyclic) bond motifs is 1. The van der Waals surface area contributed by atoms with Crippen LogP contribution < -0.4 is 0 Å². The van der Waals surface area contributed by atoms with Crippen LogP contribution in [0.1, 0.15) is 25.1 Å². The highest BCUT2D eigenvalue weighted by Gasteiger charge is 2.27. The molecule has 0 saturated carbocycles. The van der Waals surface area contributed by atoms with Crippen molar-refractivity contribution in [3.63, 3.8) is 0 Å². The molecule has 28 heavy (non-hydrogen) atoms. The van der Waals surface area contributed by atoms with Gasteiger partial charge in [0.05, 0.1) is 20.8 Å². The van der Waals surface area contributed by atoms with Gasteiger partial charge in [-0.25, -0.2) is 25.8 Å². The largest absolute Gasteiger partial charge is 0.269 e. The summed E-state index contributed by atoms with van der Waals surface area (Å²) in [6.45, 7) is 2.64. The van der Waals surface area contributed by atoms with E-state index in [9.17, 15) is 16.8 Å². The molecule has 2 aromatic carbocycles. The van der Waals surface area contributed by atoms with E-state index in [1.807, 2.05) is 0 Å². The van der Waals surface area contributed by atoms with Crippen molar-refractivity contribution < 1.29 is 16.8 Å². The van der Waals surface area contributed by atoms with Crippen LogP contribution in [0.3, 0.4) is 0 Å². The predicted octanol–water partition coefficient (Wildman–Crippen LogP) is 2.76. The van der Waals surface area contributed by atoms with Crippen molar-refractivity contribution in [1.29, 1.82) is 0 Å². The van der Waals surface area contributed by atoms with Gasteiger partial charge in [0.25, 0.3) is 10.0 Å². The summed E-state index contributed by atoms with van der Waals surface area (Å²) < 4.78 is 54.5. The zero-order valence-electron chi connectivity index (χ0n) is 15.4. The van der Waals surface area contributed by atoms with E-state index in [0.29, 0.717) is 29.9 Å². The van der Waals surface area contributed by atoms with Crippen LogP contribution in [0.2, 0.25) is 0 Å². The number of sulfonamides is 1. The number of benzene rings is 2. The molecular formula is C19H21N3O4S2. The molecule has 4 rings (SSSR count). The van der Waals surface area contributed by atoms with E-state index in [1.54, 1.807) is 31.2 Å². The lowest BCUT2D eigenvalue weighted by molar-refractivity contribution is 0.346. The number of imidazole rings is 1. The number of para-hydroxylation sites is 2. The van der Waals surface area contributed by atoms with Crippen LogP contribution in [-0.4, -0.2) is 43.2 Å². The maximum absolute atomic E-state index is 13.2. The molecule has 0 radical (unpaired) electrons. The van der Waals surface area contributed by atoms with E-state index < -0.39 is 20.0 Å². The Hall–Kier alpha value is -2.23. The van der Waals surface area contributed by atoms with Crippen LogP contribution in [0.25, 0.3) is 11.0 Å². The third-order valence-corrected chi connectivity index (χ3v) is 8.71. The molecule has 1 aliphatic rings. The standard InChI is InChI=1S/C19H21N3O4S2/c1-15-20-18-7-3-4-8-19(18)22(15)28(25,26)17-11-9-16(10-12-17)27(23,24)21-13-5-2-6-14-21/h3-4,7-12H,2,5-6,13-14H2,1H3. The summed E-state index contributed by atoms with van der Waals surface area (Å²) in [7, 11) is -7.50. The van der Waals surface area contributed by atoms with Crippen molar-refractivity contribution in [1.82, 2.24) is 13.3 Å². The Bertz CT molecular complexity index is 1220. The third-order valence-electron chi connectivity index (χ3n) is 4.99. The van der Waals surface area contributed by atoms with Gasteiger partial charge in [0, 0.05) is 13.1 Å². The average Bonchev–Trinajstić information content (AvgIpc) is 3.05. The number of hydrogen-bond acceptors (Lipinski definition) is 5. The molecule has 148 valence electrons. The van der Waals surface area contributed by atoms with Crippen LogP contribution in [0.4, 0.5) is 0 Å². The van der Waals surface area contributed by atoms with E-state index in [-0.39, 0.29) is 9.79 Å². The highest BCUT2D eigenvalue weighted by atomic mass is 32.2. The molecule has 3 aromatic rings. The number of aromatic nitrogens is 2. The van der Waals surface area contributed by atoms with E-state index >= 15 is 0 Å². The molecule has 1 aliphatic heterocycles. The number of aryl methyl sites for hydroxylation is 1. The average molecular weight is 420 g/mol. The second-order valence-electron chi connectivity index (χ2n) is 6.85. The van der Waals surface area contributed by atoms with Crippen molar-refractivity contribution in [3.05, 3.63) is 54.4 Å². The van der Waals surface area contributed by atoms with Crippen molar-refractivity contribution >= 4 is 31.1 Å². The molecule has 1 fully saturated rings. The molecule has 0 unspecified atom stereocenters. The molecule has 0 amide bonds. The number of piperidine rings is 1. The summed E-state index contributed by atoms with van der Waals surface area (Å²) in [6, 6.07) is 12.4. The van der Waals surface area contributed by atoms with Crippen molar-refractivity contribution in [3.8, 4) is 0 Å². The SMILES string of the molecule is Cc1nc2ccccc2n1S(=O)(=O)c1ccc(S(=O)(=O)N2CCCCC2)cc1. The van der Waals surface area contributed by atoms with E-state index in [2.05, 4.69) is 4.98 Å². The summed E-state index contributed by atoms with van der Waals surface area (Å²) in [5.41, 5.74) is 1.08. The van der Waals surface area contributed by atoms with Gasteiger partial charge in [-0.3, -0.25) is 0 Å². The quantitative estimate of drug-likeness (QED) is 0.649. The Morgan fingerprint density at radius 2 is 1.36 bits per heavy atom. The highest BCUT2D eigenvalue weighted by molar-refractivity contribution is 7.90. The molecule has 0 spiro atoms. The third kappa shape index (κ3) is 3.13. The normalized spacial score (nSPS) is 16.5. The molecular weight excluding hydrogens is 398 g/mol. The highest BCUT2D eigenvalue weighted by Crippen LogP contribution is 2.25. The molecule has 0 N–H and O–H groups in total. The molecule has 0 aliphatic carbocycles. The maximum atomic E-state index is 13.2. The molecule has 0 atom stereocenters. The first-order valence-corrected chi connectivity index (χ1v) is 12.0. The number of hydrogen-bond donors (Lipinski definition) is 0. The first-order chi connectivity index (χ1) is 13.3. The fraction of sp³-hybridized carbons (Fsp3) is 0.316. The Kier molecular flexibility index (Phi) is 4.76. The molecule has 2 heterocycles. The fourth-order valence-electron chi connectivity index (χ4n) is 3.57. The van der Waals surface area contributed by atoms with Gasteiger partial charge >= 0.3 is 0 Å². The second kappa shape index (κ2) is 6.98. The summed E-state index contributed by atoms with van der Waals surface area (Å²) in [4.78, 5) is 4.44. The van der Waals surface area contributed by atoms with Crippen LogP contribution in [0, 0.1) is 6.92 Å². The minimum Gasteiger partial charge on any atom is -0.232 e. The zero-order valence-corrected chi connectivity index (χ0v) is 17.1. The minimum absolute atomic E-state index is 0.0244. The number of nitrogens with zero attached hydrogens (tertiary/aromatic N) is 3. The Morgan fingerprint density at radius 3 is 2.00 bits per heavy atom. The Morgan fingerprint density at radius 1 is 0.786 bits per heavy atom. The lowest BCUT2D eigenvalue weighted by Crippen LogP contribution is -2.35. The summed E-state index contributed by atoms with van der Waals surface area (Å²) in [6.07, 6.45) is 2.72. The van der Waals surface area contributed by atoms with Crippen LogP contribution in [-0.2, 0) is 20.0 Å². The molecule has 1 aromatic heterocycles. The van der Waals surface area contributed by atoms with Crippen LogP contribution >= 0.6 is 0 Å². The Labute approximate surface area is 164 Å². The predicted molar refractivity (Wildman–Crippen MR) is 106 cm³/mol. The monoisotopic (exact) mass is 419 g/mol. The topological polar surface area (TPSA) is 89.3 Å². The van der Waals surface area contributed by atoms with Gasteiger partial charge in [-0.15, -0.1) is 0 Å². The second-order valence-corrected chi connectivity index (χ2v) is 10.6. The summed E-state index contributed by atoms with van der Waals surface area (Å²) in [5.74, 6) is 0.353. The molecule has 7 nitrogen and oxygen atoms in total.